The van der Waals surface area contributed by atoms with Gasteiger partial charge in [-0.3, -0.25) is 10.2 Å². The minimum atomic E-state index is -4.39. The van der Waals surface area contributed by atoms with Crippen molar-refractivity contribution in [2.24, 2.45) is 0 Å². The summed E-state index contributed by atoms with van der Waals surface area (Å²) in [6, 6.07) is 5.95. The van der Waals surface area contributed by atoms with Gasteiger partial charge in [-0.15, -0.1) is 0 Å². The largest absolute Gasteiger partial charge is 0.405 e. The van der Waals surface area contributed by atoms with Crippen LogP contribution in [0.3, 0.4) is 0 Å². The molecule has 0 spiro atoms. The summed E-state index contributed by atoms with van der Waals surface area (Å²) < 4.78 is 40.5. The lowest BCUT2D eigenvalue weighted by Gasteiger charge is -2.37. The maximum absolute atomic E-state index is 13.5. The summed E-state index contributed by atoms with van der Waals surface area (Å²) in [5, 5.41) is 1.08. The summed E-state index contributed by atoms with van der Waals surface area (Å²) in [7, 11) is 0. The Labute approximate surface area is 134 Å². The zero-order valence-corrected chi connectivity index (χ0v) is 13.7. The van der Waals surface area contributed by atoms with Crippen LogP contribution in [0, 0.1) is 0 Å². The number of hydrogen-bond acceptors (Lipinski definition) is 2. The Morgan fingerprint density at radius 1 is 1.30 bits per heavy atom. The number of rotatable bonds is 5. The number of amides is 1. The van der Waals surface area contributed by atoms with Crippen molar-refractivity contribution in [3.8, 4) is 0 Å². The number of aryl methyl sites for hydroxylation is 2. The summed E-state index contributed by atoms with van der Waals surface area (Å²) in [5.74, 6) is -0.364. The minimum absolute atomic E-state index is 0.0743. The molecule has 0 radical (unpaired) electrons. The molecule has 0 saturated carbocycles. The van der Waals surface area contributed by atoms with Gasteiger partial charge >= 0.3 is 6.18 Å². The van der Waals surface area contributed by atoms with Crippen molar-refractivity contribution < 1.29 is 18.0 Å². The molecule has 3 nitrogen and oxygen atoms in total. The summed E-state index contributed by atoms with van der Waals surface area (Å²) in [4.78, 5) is 11.5. The highest BCUT2D eigenvalue weighted by molar-refractivity contribution is 5.78. The standard InChI is InChI=1S/C17H23F3N2O/c1-4-12-6-5-7-13(10-12)8-9-14(17(18,19)20)22-16(2,3)11-15(23)21-22/h5-7,10,14H,4,8-9,11H2,1-3H3,(H,21,23)/t14-/m0/s1. The average molecular weight is 328 g/mol. The maximum atomic E-state index is 13.5. The molecular formula is C17H23F3N2O. The van der Waals surface area contributed by atoms with E-state index in [1.54, 1.807) is 13.8 Å². The van der Waals surface area contributed by atoms with Crippen molar-refractivity contribution in [3.05, 3.63) is 35.4 Å². The lowest BCUT2D eigenvalue weighted by Crippen LogP contribution is -2.56. The zero-order chi connectivity index (χ0) is 17.3. The maximum Gasteiger partial charge on any atom is 0.405 e. The molecule has 1 aliphatic rings. The van der Waals surface area contributed by atoms with E-state index in [1.165, 1.54) is 0 Å². The van der Waals surface area contributed by atoms with Gasteiger partial charge in [0.15, 0.2) is 0 Å². The molecule has 128 valence electrons. The molecule has 1 amide bonds. The Morgan fingerprint density at radius 2 is 1.96 bits per heavy atom. The lowest BCUT2D eigenvalue weighted by atomic mass is 9.96. The summed E-state index contributed by atoms with van der Waals surface area (Å²) in [5.41, 5.74) is 3.54. The molecule has 1 aromatic rings. The molecule has 2 rings (SSSR count). The minimum Gasteiger partial charge on any atom is -0.288 e. The molecule has 1 atom stereocenters. The van der Waals surface area contributed by atoms with E-state index in [0.29, 0.717) is 6.42 Å². The smallest absolute Gasteiger partial charge is 0.288 e. The third-order valence-corrected chi connectivity index (χ3v) is 4.29. The molecule has 0 aromatic heterocycles. The van der Waals surface area contributed by atoms with Gasteiger partial charge in [0.2, 0.25) is 5.91 Å². The number of halogens is 3. The van der Waals surface area contributed by atoms with Crippen molar-refractivity contribution >= 4 is 5.91 Å². The van der Waals surface area contributed by atoms with Crippen LogP contribution < -0.4 is 5.43 Å². The fourth-order valence-electron chi connectivity index (χ4n) is 3.05. The van der Waals surface area contributed by atoms with Gasteiger partial charge in [0.25, 0.3) is 0 Å². The van der Waals surface area contributed by atoms with E-state index in [9.17, 15) is 18.0 Å². The van der Waals surface area contributed by atoms with Crippen LogP contribution in [-0.4, -0.2) is 28.7 Å². The van der Waals surface area contributed by atoms with Crippen molar-refractivity contribution in [2.45, 2.75) is 64.2 Å². The van der Waals surface area contributed by atoms with E-state index in [0.717, 1.165) is 22.6 Å². The van der Waals surface area contributed by atoms with Crippen LogP contribution in [0.5, 0.6) is 0 Å². The van der Waals surface area contributed by atoms with Crippen molar-refractivity contribution in [1.82, 2.24) is 10.4 Å². The molecule has 1 saturated heterocycles. The fourth-order valence-corrected chi connectivity index (χ4v) is 3.05. The average Bonchev–Trinajstić information content (AvgIpc) is 2.71. The molecule has 0 bridgehead atoms. The molecule has 0 unspecified atom stereocenters. The third-order valence-electron chi connectivity index (χ3n) is 4.29. The Balaban J connectivity index is 2.15. The van der Waals surface area contributed by atoms with E-state index >= 15 is 0 Å². The second-order valence-electron chi connectivity index (χ2n) is 6.66. The molecule has 1 heterocycles. The van der Waals surface area contributed by atoms with Crippen LogP contribution in [0.15, 0.2) is 24.3 Å². The SMILES string of the molecule is CCc1cccc(CC[C@H](N2NC(=O)CC2(C)C)C(F)(F)F)c1. The predicted octanol–water partition coefficient (Wildman–Crippen LogP) is 3.63. The highest BCUT2D eigenvalue weighted by atomic mass is 19.4. The number of carbonyl (C=O) groups excluding carboxylic acids is 1. The van der Waals surface area contributed by atoms with E-state index in [1.807, 2.05) is 31.2 Å². The normalized spacial score (nSPS) is 19.7. The molecular weight excluding hydrogens is 305 g/mol. The molecule has 1 aromatic carbocycles. The summed E-state index contributed by atoms with van der Waals surface area (Å²) in [6.07, 6.45) is -3.23. The van der Waals surface area contributed by atoms with Gasteiger partial charge in [-0.25, -0.2) is 5.01 Å². The van der Waals surface area contributed by atoms with Crippen LogP contribution in [0.2, 0.25) is 0 Å². The van der Waals surface area contributed by atoms with Crippen molar-refractivity contribution in [2.75, 3.05) is 0 Å². The van der Waals surface area contributed by atoms with Gasteiger partial charge in [0.05, 0.1) is 0 Å². The number of benzene rings is 1. The first-order valence-electron chi connectivity index (χ1n) is 7.87. The molecule has 1 aliphatic heterocycles. The number of alkyl halides is 3. The Kier molecular flexibility index (Phi) is 5.04. The van der Waals surface area contributed by atoms with Gasteiger partial charge in [0.1, 0.15) is 6.04 Å². The molecule has 0 aliphatic carbocycles. The number of hydrazine groups is 1. The molecule has 23 heavy (non-hydrogen) atoms. The topological polar surface area (TPSA) is 32.3 Å². The Hall–Kier alpha value is -1.56. The number of nitrogens with one attached hydrogen (secondary N) is 1. The lowest BCUT2D eigenvalue weighted by molar-refractivity contribution is -0.202. The van der Waals surface area contributed by atoms with Crippen LogP contribution in [0.25, 0.3) is 0 Å². The number of hydrogen-bond donors (Lipinski definition) is 1. The number of carbonyl (C=O) groups is 1. The van der Waals surface area contributed by atoms with Gasteiger partial charge < -0.3 is 0 Å². The van der Waals surface area contributed by atoms with Gasteiger partial charge in [0, 0.05) is 12.0 Å². The Bertz CT molecular complexity index is 569. The van der Waals surface area contributed by atoms with E-state index in [-0.39, 0.29) is 18.7 Å². The summed E-state index contributed by atoms with van der Waals surface area (Å²) >= 11 is 0. The van der Waals surface area contributed by atoms with Crippen LogP contribution in [0.1, 0.15) is 44.7 Å². The Morgan fingerprint density at radius 3 is 2.48 bits per heavy atom. The monoisotopic (exact) mass is 328 g/mol. The predicted molar refractivity (Wildman–Crippen MR) is 82.7 cm³/mol. The van der Waals surface area contributed by atoms with E-state index in [2.05, 4.69) is 5.43 Å². The fraction of sp³-hybridized carbons (Fsp3) is 0.588. The third kappa shape index (κ3) is 4.25. The second kappa shape index (κ2) is 6.51. The van der Waals surface area contributed by atoms with Gasteiger partial charge in [-0.05, 0) is 44.2 Å². The molecule has 1 fully saturated rings. The molecule has 6 heteroatoms. The zero-order valence-electron chi connectivity index (χ0n) is 13.7. The van der Waals surface area contributed by atoms with Crippen LogP contribution in [0.4, 0.5) is 13.2 Å². The van der Waals surface area contributed by atoms with Gasteiger partial charge in [-0.2, -0.15) is 13.2 Å². The first kappa shape index (κ1) is 17.8. The van der Waals surface area contributed by atoms with Crippen molar-refractivity contribution in [3.63, 3.8) is 0 Å². The highest BCUT2D eigenvalue weighted by Gasteiger charge is 2.51. The van der Waals surface area contributed by atoms with Crippen LogP contribution in [-0.2, 0) is 17.6 Å². The van der Waals surface area contributed by atoms with E-state index < -0.39 is 17.8 Å². The van der Waals surface area contributed by atoms with Crippen LogP contribution >= 0.6 is 0 Å². The quantitative estimate of drug-likeness (QED) is 0.895. The first-order valence-corrected chi connectivity index (χ1v) is 7.87. The first-order chi connectivity index (χ1) is 10.6. The number of nitrogens with zero attached hydrogens (tertiary/aromatic N) is 1. The summed E-state index contributed by atoms with van der Waals surface area (Å²) in [6.45, 7) is 5.32. The van der Waals surface area contributed by atoms with E-state index in [4.69, 9.17) is 0 Å². The van der Waals surface area contributed by atoms with Crippen molar-refractivity contribution in [1.29, 1.82) is 0 Å². The molecule has 1 N–H and O–H groups in total. The highest BCUT2D eigenvalue weighted by Crippen LogP contribution is 2.35. The second-order valence-corrected chi connectivity index (χ2v) is 6.66. The van der Waals surface area contributed by atoms with Gasteiger partial charge in [-0.1, -0.05) is 31.2 Å².